The third kappa shape index (κ3) is 4.57. The molecule has 3 heterocycles. The van der Waals surface area contributed by atoms with E-state index in [1.165, 1.54) is 20.8 Å². The van der Waals surface area contributed by atoms with Crippen molar-refractivity contribution >= 4 is 29.8 Å². The normalized spacial score (nSPS) is 47.1. The molecule has 1 N–H and O–H groups in total. The summed E-state index contributed by atoms with van der Waals surface area (Å²) in [6.07, 6.45) is -6.24. The Morgan fingerprint density at radius 1 is 0.953 bits per heavy atom. The number of aliphatic hydroxyl groups is 1. The lowest BCUT2D eigenvalue weighted by molar-refractivity contribution is -0.242. The van der Waals surface area contributed by atoms with Gasteiger partial charge in [-0.15, -0.1) is 0 Å². The molecule has 0 aromatic heterocycles. The van der Waals surface area contributed by atoms with Crippen LogP contribution in [0.25, 0.3) is 0 Å². The van der Waals surface area contributed by atoms with Gasteiger partial charge in [-0.05, 0) is 33.3 Å². The van der Waals surface area contributed by atoms with Crippen LogP contribution in [0.3, 0.4) is 0 Å². The van der Waals surface area contributed by atoms with Crippen molar-refractivity contribution in [1.29, 1.82) is 0 Å². The molecule has 238 valence electrons. The van der Waals surface area contributed by atoms with Gasteiger partial charge in [0.05, 0.1) is 5.41 Å². The molecular weight excluding hydrogens is 568 g/mol. The summed E-state index contributed by atoms with van der Waals surface area (Å²) in [5, 5.41) is 11.6. The molecule has 0 amide bonds. The van der Waals surface area contributed by atoms with E-state index in [2.05, 4.69) is 0 Å². The molecule has 2 aliphatic carbocycles. The molecule has 12 atom stereocenters. The Bertz CT molecular complexity index is 1280. The Morgan fingerprint density at radius 3 is 2.09 bits per heavy atom. The highest BCUT2D eigenvalue weighted by Crippen LogP contribution is 2.69. The summed E-state index contributed by atoms with van der Waals surface area (Å²) in [7, 11) is 0. The number of hydrogen-bond acceptors (Lipinski definition) is 13. The predicted molar refractivity (Wildman–Crippen MR) is 143 cm³/mol. The molecule has 5 aliphatic rings. The van der Waals surface area contributed by atoms with E-state index >= 15 is 0 Å². The minimum atomic E-state index is -1.65. The summed E-state index contributed by atoms with van der Waals surface area (Å²) in [4.78, 5) is 64.2. The molecule has 4 fully saturated rings. The number of rotatable bonds is 6. The van der Waals surface area contributed by atoms with Gasteiger partial charge in [-0.1, -0.05) is 19.4 Å². The molecule has 5 rings (SSSR count). The van der Waals surface area contributed by atoms with Gasteiger partial charge in [0.1, 0.15) is 42.2 Å². The number of aliphatic hydroxyl groups excluding tert-OH is 1. The van der Waals surface area contributed by atoms with Crippen molar-refractivity contribution in [2.75, 3.05) is 0 Å². The van der Waals surface area contributed by atoms with Crippen molar-refractivity contribution in [1.82, 2.24) is 0 Å². The highest BCUT2D eigenvalue weighted by Gasteiger charge is 2.90. The molecule has 3 aliphatic heterocycles. The number of esters is 5. The molecular formula is C30H40O13. The van der Waals surface area contributed by atoms with Crippen molar-refractivity contribution < 1.29 is 62.2 Å². The molecule has 13 nitrogen and oxygen atoms in total. The van der Waals surface area contributed by atoms with Crippen molar-refractivity contribution in [3.8, 4) is 0 Å². The van der Waals surface area contributed by atoms with Crippen molar-refractivity contribution in [2.24, 2.45) is 11.3 Å². The van der Waals surface area contributed by atoms with Crippen molar-refractivity contribution in [3.63, 3.8) is 0 Å². The Kier molecular flexibility index (Phi) is 7.50. The second-order valence-corrected chi connectivity index (χ2v) is 12.9. The number of carbonyl (C=O) groups excluding carboxylic acids is 5. The van der Waals surface area contributed by atoms with Crippen LogP contribution in [0, 0.1) is 11.3 Å². The minimum absolute atomic E-state index is 0.0265. The fraction of sp³-hybridized carbons (Fsp3) is 0.767. The van der Waals surface area contributed by atoms with Gasteiger partial charge in [0.15, 0.2) is 17.3 Å². The van der Waals surface area contributed by atoms with E-state index in [1.807, 2.05) is 6.92 Å². The maximum Gasteiger partial charge on any atom is 0.342 e. The molecule has 0 radical (unpaired) electrons. The van der Waals surface area contributed by atoms with E-state index in [4.69, 9.17) is 33.2 Å². The topological polar surface area (TPSA) is 177 Å². The number of carbonyl (C=O) groups is 5. The van der Waals surface area contributed by atoms with Crippen molar-refractivity contribution in [3.05, 3.63) is 11.6 Å². The summed E-state index contributed by atoms with van der Waals surface area (Å²) in [5.74, 6) is -4.44. The monoisotopic (exact) mass is 608 g/mol. The number of epoxide rings is 2. The average molecular weight is 609 g/mol. The zero-order valence-corrected chi connectivity index (χ0v) is 25.7. The second-order valence-electron chi connectivity index (χ2n) is 12.9. The largest absolute Gasteiger partial charge is 0.459 e. The lowest BCUT2D eigenvalue weighted by Gasteiger charge is -2.55. The van der Waals surface area contributed by atoms with Gasteiger partial charge in [-0.3, -0.25) is 19.2 Å². The maximum absolute atomic E-state index is 13.2. The smallest absolute Gasteiger partial charge is 0.342 e. The Labute approximate surface area is 249 Å². The van der Waals surface area contributed by atoms with Crippen LogP contribution < -0.4 is 0 Å². The molecule has 0 aromatic rings. The van der Waals surface area contributed by atoms with Crippen LogP contribution in [-0.2, 0) is 57.1 Å². The van der Waals surface area contributed by atoms with E-state index in [0.717, 1.165) is 0 Å². The van der Waals surface area contributed by atoms with Crippen LogP contribution in [0.5, 0.6) is 0 Å². The van der Waals surface area contributed by atoms with Gasteiger partial charge in [0.25, 0.3) is 0 Å². The quantitative estimate of drug-likeness (QED) is 0.199. The standard InChI is InChI=1S/C30H40O13/c1-9-10-19(34)40-17-11-13(2)12-18-30(29(8,43-30)26(36)41-18)25(39-16(5)33)21-27(6,22(17)37-14(3)31)23(38-15(4)32)20(35)24-28(21,7)42-24/h12,17-18,20-25,35H,9-11H2,1-8H3/b13-12-/t17-,18-,20-,21+,22-,23-,24-,25+,27-,28+,29-,30-/m0/s1. The first kappa shape index (κ1) is 31.4. The van der Waals surface area contributed by atoms with Gasteiger partial charge in [-0.2, -0.15) is 0 Å². The van der Waals surface area contributed by atoms with Gasteiger partial charge < -0.3 is 38.3 Å². The molecule has 1 saturated carbocycles. The van der Waals surface area contributed by atoms with E-state index < -0.39 is 101 Å². The lowest BCUT2D eigenvalue weighted by atomic mass is 9.52. The van der Waals surface area contributed by atoms with Gasteiger partial charge in [0.2, 0.25) is 0 Å². The Morgan fingerprint density at radius 2 is 1.53 bits per heavy atom. The molecule has 0 bridgehead atoms. The van der Waals surface area contributed by atoms with E-state index in [-0.39, 0.29) is 12.8 Å². The average Bonchev–Trinajstić information content (AvgIpc) is 3.73. The first-order chi connectivity index (χ1) is 20.0. The second kappa shape index (κ2) is 10.3. The fourth-order valence-corrected chi connectivity index (χ4v) is 8.02. The van der Waals surface area contributed by atoms with E-state index in [0.29, 0.717) is 12.0 Å². The third-order valence-electron chi connectivity index (χ3n) is 9.78. The third-order valence-corrected chi connectivity index (χ3v) is 9.78. The van der Waals surface area contributed by atoms with Crippen LogP contribution >= 0.6 is 0 Å². The maximum atomic E-state index is 13.2. The van der Waals surface area contributed by atoms with Crippen LogP contribution in [0.2, 0.25) is 0 Å². The van der Waals surface area contributed by atoms with E-state index in [9.17, 15) is 29.1 Å². The van der Waals surface area contributed by atoms with Gasteiger partial charge in [0, 0.05) is 39.5 Å². The van der Waals surface area contributed by atoms with Crippen LogP contribution in [-0.4, -0.2) is 94.5 Å². The molecule has 0 unspecified atom stereocenters. The van der Waals surface area contributed by atoms with Crippen LogP contribution in [0.1, 0.15) is 74.7 Å². The Hall–Kier alpha value is -3.03. The first-order valence-electron chi connectivity index (χ1n) is 14.6. The Balaban J connectivity index is 1.82. The molecule has 13 heteroatoms. The fourth-order valence-electron chi connectivity index (χ4n) is 8.02. The molecule has 43 heavy (non-hydrogen) atoms. The number of hydrogen-bond donors (Lipinski definition) is 1. The number of ether oxygens (including phenoxy) is 7. The number of fused-ring (bicyclic) bond motifs is 3. The summed E-state index contributed by atoms with van der Waals surface area (Å²) in [6.45, 7) is 12.0. The lowest BCUT2D eigenvalue weighted by Crippen LogP contribution is -2.71. The van der Waals surface area contributed by atoms with Gasteiger partial charge in [-0.25, -0.2) is 4.79 Å². The van der Waals surface area contributed by atoms with Crippen LogP contribution in [0.4, 0.5) is 0 Å². The SMILES string of the molecule is CCCC(=O)O[C@H]1C/C(C)=C\[C@@H]2OC(=O)[C@]3(C)O[C@]23[C@H](OC(C)=O)[C@H]2[C@@]3(C)O[C@H]3[C@@H](O)[C@H](OC(C)=O)[C@]2(C)[C@H]1OC(C)=O. The van der Waals surface area contributed by atoms with E-state index in [1.54, 1.807) is 33.8 Å². The molecule has 3 saturated heterocycles. The first-order valence-corrected chi connectivity index (χ1v) is 14.6. The summed E-state index contributed by atoms with van der Waals surface area (Å²) < 4.78 is 41.9. The molecule has 1 spiro atoms. The van der Waals surface area contributed by atoms with Crippen LogP contribution in [0.15, 0.2) is 11.6 Å². The predicted octanol–water partition coefficient (Wildman–Crippen LogP) is 1.45. The zero-order valence-electron chi connectivity index (χ0n) is 25.7. The zero-order chi connectivity index (χ0) is 31.9. The van der Waals surface area contributed by atoms with Crippen molar-refractivity contribution in [2.45, 2.75) is 134 Å². The highest BCUT2D eigenvalue weighted by atomic mass is 16.7. The summed E-state index contributed by atoms with van der Waals surface area (Å²) >= 11 is 0. The summed E-state index contributed by atoms with van der Waals surface area (Å²) in [6, 6.07) is 0. The highest BCUT2D eigenvalue weighted by molar-refractivity contribution is 5.89. The minimum Gasteiger partial charge on any atom is -0.459 e. The van der Waals surface area contributed by atoms with Gasteiger partial charge >= 0.3 is 29.8 Å². The summed E-state index contributed by atoms with van der Waals surface area (Å²) in [5.41, 5.74) is -5.34. The molecule has 0 aromatic carbocycles.